The van der Waals surface area contributed by atoms with Crippen molar-refractivity contribution in [3.63, 3.8) is 0 Å². The van der Waals surface area contributed by atoms with Gasteiger partial charge < -0.3 is 9.88 Å². The maximum absolute atomic E-state index is 13.5. The van der Waals surface area contributed by atoms with Crippen LogP contribution in [0.4, 0.5) is 0 Å². The van der Waals surface area contributed by atoms with Crippen LogP contribution in [-0.4, -0.2) is 46.4 Å². The number of fused-ring (bicyclic) bond motifs is 1. The number of benzene rings is 1. The van der Waals surface area contributed by atoms with Gasteiger partial charge in [0.25, 0.3) is 10.0 Å². The van der Waals surface area contributed by atoms with Gasteiger partial charge in [-0.3, -0.25) is 0 Å². The van der Waals surface area contributed by atoms with Crippen molar-refractivity contribution in [3.05, 3.63) is 48.4 Å². The van der Waals surface area contributed by atoms with E-state index in [-0.39, 0.29) is 17.1 Å². The van der Waals surface area contributed by atoms with Crippen molar-refractivity contribution in [2.75, 3.05) is 6.54 Å². The van der Waals surface area contributed by atoms with Gasteiger partial charge >= 0.3 is 0 Å². The lowest BCUT2D eigenvalue weighted by Gasteiger charge is -2.42. The summed E-state index contributed by atoms with van der Waals surface area (Å²) in [5.41, 5.74) is 0.855. The van der Waals surface area contributed by atoms with Gasteiger partial charge in [-0.25, -0.2) is 13.4 Å². The Kier molecular flexibility index (Phi) is 5.33. The molecule has 152 valence electrons. The van der Waals surface area contributed by atoms with Crippen LogP contribution < -0.4 is 5.32 Å². The molecule has 0 spiro atoms. The molecule has 3 atom stereocenters. The number of aryl methyl sites for hydroxylation is 1. The van der Waals surface area contributed by atoms with Gasteiger partial charge in [0.2, 0.25) is 0 Å². The van der Waals surface area contributed by atoms with Crippen LogP contribution in [0.1, 0.15) is 44.6 Å². The molecular weight excluding hydrogens is 372 g/mol. The Balaban J connectivity index is 1.64. The normalized spacial score (nSPS) is 29.2. The summed E-state index contributed by atoms with van der Waals surface area (Å²) in [5, 5.41) is 3.93. The molecule has 4 rings (SSSR count). The number of nitrogens with one attached hydrogen (secondary N) is 1. The van der Waals surface area contributed by atoms with E-state index < -0.39 is 15.6 Å². The van der Waals surface area contributed by atoms with Gasteiger partial charge in [-0.2, -0.15) is 4.31 Å². The van der Waals surface area contributed by atoms with Crippen LogP contribution in [0.3, 0.4) is 0 Å². The quantitative estimate of drug-likeness (QED) is 0.854. The summed E-state index contributed by atoms with van der Waals surface area (Å²) in [6.07, 6.45) is 9.02. The fourth-order valence-corrected chi connectivity index (χ4v) is 6.76. The molecule has 1 N–H and O–H groups in total. The first kappa shape index (κ1) is 19.6. The highest BCUT2D eigenvalue weighted by atomic mass is 32.2. The van der Waals surface area contributed by atoms with E-state index in [2.05, 4.69) is 41.5 Å². The lowest BCUT2D eigenvalue weighted by atomic mass is 9.86. The third kappa shape index (κ3) is 3.63. The molecule has 2 saturated heterocycles. The minimum Gasteiger partial charge on any atom is -0.339 e. The van der Waals surface area contributed by atoms with Gasteiger partial charge in [0.05, 0.1) is 11.9 Å². The van der Waals surface area contributed by atoms with Crippen LogP contribution >= 0.6 is 0 Å². The van der Waals surface area contributed by atoms with Crippen molar-refractivity contribution in [1.29, 1.82) is 0 Å². The van der Waals surface area contributed by atoms with Crippen LogP contribution in [0.25, 0.3) is 0 Å². The number of hydrogen-bond acceptors (Lipinski definition) is 4. The predicted octanol–water partition coefficient (Wildman–Crippen LogP) is 2.72. The second-order valence-electron chi connectivity index (χ2n) is 8.47. The average Bonchev–Trinajstić information content (AvgIpc) is 3.21. The maximum atomic E-state index is 13.5. The molecule has 0 unspecified atom stereocenters. The molecule has 2 aromatic rings. The van der Waals surface area contributed by atoms with Gasteiger partial charge in [-0.1, -0.05) is 43.2 Å². The first-order valence-electron chi connectivity index (χ1n) is 10.2. The van der Waals surface area contributed by atoms with Crippen molar-refractivity contribution in [2.45, 2.75) is 68.1 Å². The summed E-state index contributed by atoms with van der Waals surface area (Å²) < 4.78 is 30.5. The van der Waals surface area contributed by atoms with Crippen LogP contribution in [0.2, 0.25) is 0 Å². The topological polar surface area (TPSA) is 67.2 Å². The van der Waals surface area contributed by atoms with Crippen molar-refractivity contribution < 1.29 is 8.42 Å². The second-order valence-corrected chi connectivity index (χ2v) is 10.3. The second kappa shape index (κ2) is 7.61. The Hall–Kier alpha value is -1.70. The SMILES string of the molecule is Cn1cnc(S(=O)(=O)N2CCCCC[C@@H]3N[C@H](Cc4ccccc4)C[C@@]32C)c1. The number of imidazole rings is 1. The standard InChI is InChI=1S/C21H30N4O2S/c1-21-14-18(13-17-9-5-3-6-10-17)23-19(21)11-7-4-8-12-25(21)28(26,27)20-15-24(2)16-22-20/h3,5-6,9-10,15-16,18-19,23H,4,7-8,11-14H2,1-2H3/t18-,19+,21+/m1/s1. The summed E-state index contributed by atoms with van der Waals surface area (Å²) in [5.74, 6) is 0. The lowest BCUT2D eigenvalue weighted by Crippen LogP contribution is -2.57. The van der Waals surface area contributed by atoms with E-state index in [1.165, 1.54) is 5.56 Å². The van der Waals surface area contributed by atoms with Gasteiger partial charge in [-0.15, -0.1) is 0 Å². The molecule has 2 fully saturated rings. The highest BCUT2D eigenvalue weighted by molar-refractivity contribution is 7.89. The maximum Gasteiger partial charge on any atom is 0.262 e. The van der Waals surface area contributed by atoms with E-state index in [0.29, 0.717) is 6.54 Å². The fraction of sp³-hybridized carbons (Fsp3) is 0.571. The van der Waals surface area contributed by atoms with Gasteiger partial charge in [-0.05, 0) is 38.2 Å². The average molecular weight is 403 g/mol. The third-order valence-electron chi connectivity index (χ3n) is 6.33. The molecular formula is C21H30N4O2S. The number of rotatable bonds is 4. The van der Waals surface area contributed by atoms with Gasteiger partial charge in [0, 0.05) is 31.9 Å². The highest BCUT2D eigenvalue weighted by Crippen LogP contribution is 2.39. The van der Waals surface area contributed by atoms with Crippen LogP contribution in [0.5, 0.6) is 0 Å². The number of hydrogen-bond donors (Lipinski definition) is 1. The van der Waals surface area contributed by atoms with Crippen molar-refractivity contribution in [1.82, 2.24) is 19.2 Å². The minimum atomic E-state index is -3.63. The largest absolute Gasteiger partial charge is 0.339 e. The van der Waals surface area contributed by atoms with Crippen molar-refractivity contribution in [2.24, 2.45) is 7.05 Å². The Morgan fingerprint density at radius 1 is 1.21 bits per heavy atom. The zero-order valence-electron chi connectivity index (χ0n) is 16.7. The summed E-state index contributed by atoms with van der Waals surface area (Å²) >= 11 is 0. The molecule has 0 aliphatic carbocycles. The summed E-state index contributed by atoms with van der Waals surface area (Å²) in [4.78, 5) is 4.16. The minimum absolute atomic E-state index is 0.155. The predicted molar refractivity (Wildman–Crippen MR) is 109 cm³/mol. The van der Waals surface area contributed by atoms with E-state index in [1.807, 2.05) is 6.07 Å². The monoisotopic (exact) mass is 402 g/mol. The molecule has 3 heterocycles. The Labute approximate surface area is 168 Å². The third-order valence-corrected chi connectivity index (χ3v) is 8.25. The number of nitrogens with zero attached hydrogens (tertiary/aromatic N) is 3. The van der Waals surface area contributed by atoms with Crippen LogP contribution in [-0.2, 0) is 23.5 Å². The summed E-state index contributed by atoms with van der Waals surface area (Å²) in [7, 11) is -1.83. The first-order valence-corrected chi connectivity index (χ1v) is 11.6. The molecule has 1 aromatic heterocycles. The zero-order chi connectivity index (χ0) is 19.8. The van der Waals surface area contributed by atoms with Gasteiger partial charge in [0.1, 0.15) is 0 Å². The molecule has 0 radical (unpaired) electrons. The van der Waals surface area contributed by atoms with Crippen molar-refractivity contribution in [3.8, 4) is 0 Å². The molecule has 0 saturated carbocycles. The summed E-state index contributed by atoms with van der Waals surface area (Å²) in [6.45, 7) is 2.69. The molecule has 28 heavy (non-hydrogen) atoms. The summed E-state index contributed by atoms with van der Waals surface area (Å²) in [6, 6.07) is 10.9. The van der Waals surface area contributed by atoms with E-state index in [4.69, 9.17) is 0 Å². The molecule has 7 heteroatoms. The van der Waals surface area contributed by atoms with E-state index in [1.54, 1.807) is 28.4 Å². The Morgan fingerprint density at radius 2 is 2.00 bits per heavy atom. The first-order chi connectivity index (χ1) is 13.4. The fourth-order valence-electron chi connectivity index (χ4n) is 4.93. The molecule has 1 aromatic carbocycles. The van der Waals surface area contributed by atoms with E-state index in [9.17, 15) is 8.42 Å². The Bertz CT molecular complexity index is 911. The highest BCUT2D eigenvalue weighted by Gasteiger charge is 2.52. The molecule has 2 aliphatic rings. The molecule has 0 bridgehead atoms. The van der Waals surface area contributed by atoms with Crippen molar-refractivity contribution >= 4 is 10.0 Å². The molecule has 2 aliphatic heterocycles. The Morgan fingerprint density at radius 3 is 2.71 bits per heavy atom. The number of aromatic nitrogens is 2. The van der Waals surface area contributed by atoms with E-state index >= 15 is 0 Å². The van der Waals surface area contributed by atoms with Crippen LogP contribution in [0, 0.1) is 0 Å². The molecule has 0 amide bonds. The zero-order valence-corrected chi connectivity index (χ0v) is 17.5. The number of sulfonamides is 1. The lowest BCUT2D eigenvalue weighted by molar-refractivity contribution is 0.160. The molecule has 6 nitrogen and oxygen atoms in total. The smallest absolute Gasteiger partial charge is 0.262 e. The van der Waals surface area contributed by atoms with Gasteiger partial charge in [0.15, 0.2) is 5.03 Å². The van der Waals surface area contributed by atoms with E-state index in [0.717, 1.165) is 38.5 Å². The van der Waals surface area contributed by atoms with Crippen LogP contribution in [0.15, 0.2) is 47.9 Å².